The largest absolute Gasteiger partial charge is 0.497 e. The van der Waals surface area contributed by atoms with E-state index in [1.165, 1.54) is 21.1 Å². The Morgan fingerprint density at radius 3 is 2.61 bits per heavy atom. The number of benzene rings is 1. The van der Waals surface area contributed by atoms with Gasteiger partial charge in [-0.1, -0.05) is 42.2 Å². The normalized spacial score (nSPS) is 15.2. The van der Waals surface area contributed by atoms with Crippen LogP contribution in [0.2, 0.25) is 0 Å². The van der Waals surface area contributed by atoms with Gasteiger partial charge >= 0.3 is 0 Å². The third-order valence-corrected chi connectivity index (χ3v) is 6.45. The molecule has 9 heteroatoms. The Kier molecular flexibility index (Phi) is 5.79. The predicted octanol–water partition coefficient (Wildman–Crippen LogP) is 3.45. The summed E-state index contributed by atoms with van der Waals surface area (Å²) < 4.78 is 7.14. The standard InChI is InChI=1S/C22H20N4O3S2/c1-13-5-4-10-26-19(13)24-18(23-12-14-6-8-15(29-3)9-7-14)16(20(26)27)11-17-21(28)25(2)22(30)31-17/h4-11,23H,12H2,1-3H3/b17-11-. The van der Waals surface area contributed by atoms with E-state index in [9.17, 15) is 9.59 Å². The maximum absolute atomic E-state index is 13.3. The molecule has 0 saturated carbocycles. The number of likely N-dealkylation sites (N-methyl/N-ethyl adjacent to an activating group) is 1. The Hall–Kier alpha value is -3.17. The van der Waals surface area contributed by atoms with Crippen LogP contribution in [0.15, 0.2) is 52.3 Å². The molecule has 0 unspecified atom stereocenters. The molecule has 1 aliphatic heterocycles. The zero-order chi connectivity index (χ0) is 22.1. The number of aryl methyl sites for hydroxylation is 1. The van der Waals surface area contributed by atoms with E-state index in [1.54, 1.807) is 32.5 Å². The maximum Gasteiger partial charge on any atom is 0.267 e. The van der Waals surface area contributed by atoms with E-state index in [-0.39, 0.29) is 11.5 Å². The number of nitrogens with zero attached hydrogens (tertiary/aromatic N) is 3. The van der Waals surface area contributed by atoms with Crippen molar-refractivity contribution >= 4 is 51.7 Å². The van der Waals surface area contributed by atoms with Crippen LogP contribution in [0.3, 0.4) is 0 Å². The van der Waals surface area contributed by atoms with Crippen LogP contribution in [0.1, 0.15) is 16.7 Å². The van der Waals surface area contributed by atoms with Crippen molar-refractivity contribution in [1.82, 2.24) is 14.3 Å². The average molecular weight is 453 g/mol. The number of amides is 1. The number of fused-ring (bicyclic) bond motifs is 1. The van der Waals surface area contributed by atoms with Crippen LogP contribution < -0.4 is 15.6 Å². The van der Waals surface area contributed by atoms with Gasteiger partial charge in [-0.05, 0) is 42.3 Å². The minimum Gasteiger partial charge on any atom is -0.497 e. The Labute approximate surface area is 188 Å². The van der Waals surface area contributed by atoms with Gasteiger partial charge in [0.05, 0.1) is 17.6 Å². The van der Waals surface area contributed by atoms with Gasteiger partial charge in [0.15, 0.2) is 0 Å². The molecule has 4 rings (SSSR count). The van der Waals surface area contributed by atoms with Crippen molar-refractivity contribution in [1.29, 1.82) is 0 Å². The fraction of sp³-hybridized carbons (Fsp3) is 0.182. The molecule has 31 heavy (non-hydrogen) atoms. The monoisotopic (exact) mass is 452 g/mol. The molecule has 7 nitrogen and oxygen atoms in total. The fourth-order valence-corrected chi connectivity index (χ4v) is 4.34. The topological polar surface area (TPSA) is 75.9 Å². The minimum absolute atomic E-state index is 0.232. The lowest BCUT2D eigenvalue weighted by atomic mass is 10.2. The second-order valence-corrected chi connectivity index (χ2v) is 8.68. The van der Waals surface area contributed by atoms with Gasteiger partial charge < -0.3 is 10.1 Å². The number of hydrogen-bond acceptors (Lipinski definition) is 7. The maximum atomic E-state index is 13.3. The van der Waals surface area contributed by atoms with Gasteiger partial charge in [0.1, 0.15) is 21.5 Å². The van der Waals surface area contributed by atoms with E-state index in [4.69, 9.17) is 21.9 Å². The zero-order valence-corrected chi connectivity index (χ0v) is 18.8. The highest BCUT2D eigenvalue weighted by Crippen LogP contribution is 2.32. The second kappa shape index (κ2) is 8.52. The third kappa shape index (κ3) is 4.06. The number of carbonyl (C=O) groups is 1. The highest BCUT2D eigenvalue weighted by atomic mass is 32.2. The fourth-order valence-electron chi connectivity index (χ4n) is 3.18. The number of methoxy groups -OCH3 is 1. The van der Waals surface area contributed by atoms with Crippen LogP contribution in [-0.2, 0) is 11.3 Å². The summed E-state index contributed by atoms with van der Waals surface area (Å²) in [5.41, 5.74) is 2.49. The van der Waals surface area contributed by atoms with E-state index in [0.29, 0.717) is 32.8 Å². The summed E-state index contributed by atoms with van der Waals surface area (Å²) in [6.07, 6.45) is 3.25. The van der Waals surface area contributed by atoms with Crippen molar-refractivity contribution in [3.63, 3.8) is 0 Å². The number of thiocarbonyl (C=S) groups is 1. The van der Waals surface area contributed by atoms with E-state index in [1.807, 2.05) is 37.3 Å². The smallest absolute Gasteiger partial charge is 0.267 e. The first-order valence-corrected chi connectivity index (χ1v) is 10.7. The molecule has 0 radical (unpaired) electrons. The number of hydrogen-bond donors (Lipinski definition) is 1. The number of pyridine rings is 1. The lowest BCUT2D eigenvalue weighted by Crippen LogP contribution is -2.23. The van der Waals surface area contributed by atoms with Gasteiger partial charge in [-0.25, -0.2) is 4.98 Å². The van der Waals surface area contributed by atoms with Gasteiger partial charge in [0.2, 0.25) is 0 Å². The minimum atomic E-state index is -0.257. The zero-order valence-electron chi connectivity index (χ0n) is 17.2. The first-order chi connectivity index (χ1) is 14.9. The van der Waals surface area contributed by atoms with E-state index >= 15 is 0 Å². The highest BCUT2D eigenvalue weighted by Gasteiger charge is 2.29. The van der Waals surface area contributed by atoms with Crippen molar-refractivity contribution in [2.75, 3.05) is 19.5 Å². The van der Waals surface area contributed by atoms with E-state index in [2.05, 4.69) is 5.32 Å². The molecule has 0 atom stereocenters. The summed E-state index contributed by atoms with van der Waals surface area (Å²) in [6, 6.07) is 11.3. The number of thioether (sulfide) groups is 1. The van der Waals surface area contributed by atoms with Gasteiger partial charge in [-0.15, -0.1) is 0 Å². The molecular formula is C22H20N4O3S2. The third-order valence-electron chi connectivity index (χ3n) is 4.97. The van der Waals surface area contributed by atoms with Crippen LogP contribution in [0.5, 0.6) is 5.75 Å². The molecule has 3 heterocycles. The Morgan fingerprint density at radius 2 is 1.97 bits per heavy atom. The molecule has 0 aliphatic carbocycles. The number of aromatic nitrogens is 2. The highest BCUT2D eigenvalue weighted by molar-refractivity contribution is 8.26. The van der Waals surface area contributed by atoms with Crippen molar-refractivity contribution in [2.24, 2.45) is 0 Å². The molecule has 3 aromatic rings. The summed E-state index contributed by atoms with van der Waals surface area (Å²) in [4.78, 5) is 32.3. The second-order valence-electron chi connectivity index (χ2n) is 7.01. The van der Waals surface area contributed by atoms with Crippen molar-refractivity contribution in [3.05, 3.63) is 74.5 Å². The summed E-state index contributed by atoms with van der Waals surface area (Å²) >= 11 is 6.38. The molecule has 1 aromatic carbocycles. The Bertz CT molecular complexity index is 1280. The van der Waals surface area contributed by atoms with E-state index in [0.717, 1.165) is 16.9 Å². The first-order valence-electron chi connectivity index (χ1n) is 9.49. The van der Waals surface area contributed by atoms with Crippen molar-refractivity contribution in [2.45, 2.75) is 13.5 Å². The molecule has 158 valence electrons. The average Bonchev–Trinajstić information content (AvgIpc) is 3.02. The summed E-state index contributed by atoms with van der Waals surface area (Å²) in [7, 11) is 3.24. The summed E-state index contributed by atoms with van der Waals surface area (Å²) in [6.45, 7) is 2.35. The van der Waals surface area contributed by atoms with Crippen molar-refractivity contribution in [3.8, 4) is 5.75 Å². The van der Waals surface area contributed by atoms with Crippen LogP contribution in [0, 0.1) is 6.92 Å². The molecule has 1 amide bonds. The quantitative estimate of drug-likeness (QED) is 0.469. The SMILES string of the molecule is COc1ccc(CNc2nc3c(C)cccn3c(=O)c2/C=C2\SC(=S)N(C)C2=O)cc1. The Morgan fingerprint density at radius 1 is 1.23 bits per heavy atom. The van der Waals surface area contributed by atoms with Crippen LogP contribution in [0.4, 0.5) is 5.82 Å². The molecular weight excluding hydrogens is 432 g/mol. The number of carbonyl (C=O) groups excluding carboxylic acids is 1. The van der Waals surface area contributed by atoms with Gasteiger partial charge in [-0.3, -0.25) is 18.9 Å². The van der Waals surface area contributed by atoms with Crippen molar-refractivity contribution < 1.29 is 9.53 Å². The van der Waals surface area contributed by atoms with Gasteiger partial charge in [-0.2, -0.15) is 0 Å². The lowest BCUT2D eigenvalue weighted by Gasteiger charge is -2.12. The van der Waals surface area contributed by atoms with Crippen LogP contribution >= 0.6 is 24.0 Å². The molecule has 2 aromatic heterocycles. The number of nitrogens with one attached hydrogen (secondary N) is 1. The predicted molar refractivity (Wildman–Crippen MR) is 127 cm³/mol. The summed E-state index contributed by atoms with van der Waals surface area (Å²) in [5, 5.41) is 3.26. The number of rotatable bonds is 5. The summed E-state index contributed by atoms with van der Waals surface area (Å²) in [5.74, 6) is 0.949. The lowest BCUT2D eigenvalue weighted by molar-refractivity contribution is -0.121. The molecule has 1 fully saturated rings. The molecule has 1 saturated heterocycles. The first kappa shape index (κ1) is 21.1. The van der Waals surface area contributed by atoms with Gasteiger partial charge in [0, 0.05) is 19.8 Å². The number of anilines is 1. The van der Waals surface area contributed by atoms with Gasteiger partial charge in [0.25, 0.3) is 11.5 Å². The van der Waals surface area contributed by atoms with Crippen LogP contribution in [-0.4, -0.2) is 38.7 Å². The van der Waals surface area contributed by atoms with Crippen LogP contribution in [0.25, 0.3) is 11.7 Å². The number of ether oxygens (including phenoxy) is 1. The molecule has 0 spiro atoms. The van der Waals surface area contributed by atoms with E-state index < -0.39 is 0 Å². The Balaban J connectivity index is 1.79. The molecule has 1 aliphatic rings. The molecule has 1 N–H and O–H groups in total. The molecule has 0 bridgehead atoms.